The Bertz CT molecular complexity index is 581. The van der Waals surface area contributed by atoms with Crippen LogP contribution in [0.4, 0.5) is 0 Å². The summed E-state index contributed by atoms with van der Waals surface area (Å²) in [6.45, 7) is 0.166. The fourth-order valence-electron chi connectivity index (χ4n) is 1.42. The molecule has 0 aliphatic heterocycles. The van der Waals surface area contributed by atoms with E-state index in [-0.39, 0.29) is 19.4 Å². The van der Waals surface area contributed by atoms with E-state index in [2.05, 4.69) is 0 Å². The lowest BCUT2D eigenvalue weighted by atomic mass is 10.2. The van der Waals surface area contributed by atoms with Crippen LogP contribution in [0.15, 0.2) is 29.7 Å². The number of carboxylic acids is 1. The molecule has 0 saturated heterocycles. The minimum absolute atomic E-state index is 0.0548. The van der Waals surface area contributed by atoms with Crippen molar-refractivity contribution >= 4 is 33.7 Å². The van der Waals surface area contributed by atoms with Crippen molar-refractivity contribution in [2.75, 3.05) is 13.6 Å². The summed E-state index contributed by atoms with van der Waals surface area (Å²) in [7, 11) is -2.12. The Labute approximate surface area is 123 Å². The van der Waals surface area contributed by atoms with E-state index in [4.69, 9.17) is 16.7 Å². The quantitative estimate of drug-likeness (QED) is 0.838. The highest BCUT2D eigenvalue weighted by Crippen LogP contribution is 2.12. The van der Waals surface area contributed by atoms with Gasteiger partial charge in [0.2, 0.25) is 10.0 Å². The van der Waals surface area contributed by atoms with Crippen LogP contribution in [0.3, 0.4) is 0 Å². The molecule has 5 nitrogen and oxygen atoms in total. The largest absolute Gasteiger partial charge is 0.481 e. The van der Waals surface area contributed by atoms with Gasteiger partial charge in [0.15, 0.2) is 0 Å². The first-order chi connectivity index (χ1) is 9.31. The second kappa shape index (κ2) is 7.42. The lowest BCUT2D eigenvalue weighted by molar-refractivity contribution is -0.137. The topological polar surface area (TPSA) is 74.7 Å². The Morgan fingerprint density at radius 2 is 1.95 bits per heavy atom. The van der Waals surface area contributed by atoms with Crippen molar-refractivity contribution in [2.24, 2.45) is 0 Å². The fraction of sp³-hybridized carbons (Fsp3) is 0.308. The van der Waals surface area contributed by atoms with Gasteiger partial charge in [-0.15, -0.1) is 0 Å². The predicted molar refractivity (Wildman–Crippen MR) is 78.9 cm³/mol. The van der Waals surface area contributed by atoms with Gasteiger partial charge in [-0.3, -0.25) is 4.79 Å². The average Bonchev–Trinajstić information content (AvgIpc) is 2.37. The van der Waals surface area contributed by atoms with E-state index >= 15 is 0 Å². The van der Waals surface area contributed by atoms with Crippen LogP contribution in [-0.2, 0) is 14.8 Å². The van der Waals surface area contributed by atoms with Crippen molar-refractivity contribution in [2.45, 2.75) is 12.8 Å². The van der Waals surface area contributed by atoms with Crippen LogP contribution in [0.25, 0.3) is 6.08 Å². The first kappa shape index (κ1) is 16.7. The minimum Gasteiger partial charge on any atom is -0.481 e. The number of rotatable bonds is 7. The summed E-state index contributed by atoms with van der Waals surface area (Å²) in [6.07, 6.45) is 1.69. The van der Waals surface area contributed by atoms with Gasteiger partial charge in [-0.05, 0) is 30.2 Å². The van der Waals surface area contributed by atoms with Crippen LogP contribution in [0.1, 0.15) is 18.4 Å². The lowest BCUT2D eigenvalue weighted by Crippen LogP contribution is -2.26. The fourth-order valence-corrected chi connectivity index (χ4v) is 2.47. The highest BCUT2D eigenvalue weighted by Gasteiger charge is 2.13. The van der Waals surface area contributed by atoms with Crippen LogP contribution >= 0.6 is 11.6 Å². The minimum atomic E-state index is -3.54. The average molecular weight is 318 g/mol. The number of hydrogen-bond acceptors (Lipinski definition) is 3. The second-order valence-electron chi connectivity index (χ2n) is 4.22. The molecule has 0 spiro atoms. The van der Waals surface area contributed by atoms with Crippen molar-refractivity contribution in [1.82, 2.24) is 4.31 Å². The van der Waals surface area contributed by atoms with E-state index in [1.807, 2.05) is 0 Å². The van der Waals surface area contributed by atoms with E-state index in [0.717, 1.165) is 15.3 Å². The number of nitrogens with zero attached hydrogens (tertiary/aromatic N) is 1. The molecule has 0 radical (unpaired) electrons. The SMILES string of the molecule is CN(CCCC(=O)O)S(=O)(=O)/C=C/c1ccc(Cl)cc1. The summed E-state index contributed by atoms with van der Waals surface area (Å²) in [4.78, 5) is 10.4. The van der Waals surface area contributed by atoms with Crippen LogP contribution in [-0.4, -0.2) is 37.4 Å². The Morgan fingerprint density at radius 3 is 2.50 bits per heavy atom. The van der Waals surface area contributed by atoms with Gasteiger partial charge in [-0.25, -0.2) is 12.7 Å². The van der Waals surface area contributed by atoms with Gasteiger partial charge in [-0.1, -0.05) is 23.7 Å². The molecule has 20 heavy (non-hydrogen) atoms. The molecule has 1 aromatic carbocycles. The Balaban J connectivity index is 2.64. The molecule has 0 bridgehead atoms. The van der Waals surface area contributed by atoms with Gasteiger partial charge in [0.1, 0.15) is 0 Å². The van der Waals surface area contributed by atoms with Gasteiger partial charge < -0.3 is 5.11 Å². The summed E-state index contributed by atoms with van der Waals surface area (Å²) >= 11 is 5.74. The molecule has 110 valence electrons. The molecule has 1 rings (SSSR count). The van der Waals surface area contributed by atoms with Gasteiger partial charge in [0, 0.05) is 30.4 Å². The second-order valence-corrected chi connectivity index (χ2v) is 6.58. The number of benzene rings is 1. The van der Waals surface area contributed by atoms with E-state index < -0.39 is 16.0 Å². The Hall–Kier alpha value is -1.37. The number of halogens is 1. The summed E-state index contributed by atoms with van der Waals surface area (Å²) in [5, 5.41) is 10.2. The van der Waals surface area contributed by atoms with Gasteiger partial charge in [-0.2, -0.15) is 0 Å². The van der Waals surface area contributed by atoms with Crippen molar-refractivity contribution < 1.29 is 18.3 Å². The highest BCUT2D eigenvalue weighted by molar-refractivity contribution is 7.92. The van der Waals surface area contributed by atoms with Gasteiger partial charge in [0.05, 0.1) is 0 Å². The predicted octanol–water partition coefficient (Wildman–Crippen LogP) is 2.44. The first-order valence-corrected chi connectivity index (χ1v) is 7.81. The molecule has 0 unspecified atom stereocenters. The monoisotopic (exact) mass is 317 g/mol. The van der Waals surface area contributed by atoms with Gasteiger partial charge in [0.25, 0.3) is 0 Å². The highest BCUT2D eigenvalue weighted by atomic mass is 35.5. The molecular formula is C13H16ClNO4S. The maximum absolute atomic E-state index is 11.9. The maximum atomic E-state index is 11.9. The standard InChI is InChI=1S/C13H16ClNO4S/c1-15(9-2-3-13(16)17)20(18,19)10-8-11-4-6-12(14)7-5-11/h4-8,10H,2-3,9H2,1H3,(H,16,17)/b10-8+. The molecule has 0 aliphatic carbocycles. The summed E-state index contributed by atoms with van der Waals surface area (Å²) in [6, 6.07) is 6.76. The molecule has 7 heteroatoms. The maximum Gasteiger partial charge on any atom is 0.303 e. The zero-order valence-electron chi connectivity index (χ0n) is 11.0. The van der Waals surface area contributed by atoms with Crippen LogP contribution in [0.5, 0.6) is 0 Å². The molecule has 1 aromatic rings. The molecular weight excluding hydrogens is 302 g/mol. The first-order valence-electron chi connectivity index (χ1n) is 5.93. The van der Waals surface area contributed by atoms with Crippen molar-refractivity contribution in [3.8, 4) is 0 Å². The van der Waals surface area contributed by atoms with E-state index in [9.17, 15) is 13.2 Å². The number of carbonyl (C=O) groups is 1. The summed E-state index contributed by atoms with van der Waals surface area (Å²) < 4.78 is 25.0. The third-order valence-electron chi connectivity index (χ3n) is 2.60. The summed E-state index contributed by atoms with van der Waals surface area (Å²) in [5.41, 5.74) is 0.719. The van der Waals surface area contributed by atoms with Crippen LogP contribution in [0, 0.1) is 0 Å². The molecule has 0 atom stereocenters. The van der Waals surface area contributed by atoms with E-state index in [1.165, 1.54) is 13.1 Å². The Kier molecular flexibility index (Phi) is 6.19. The number of hydrogen-bond donors (Lipinski definition) is 1. The molecule has 1 N–H and O–H groups in total. The number of aliphatic carboxylic acids is 1. The molecule has 0 amide bonds. The summed E-state index contributed by atoms with van der Waals surface area (Å²) in [5.74, 6) is -0.937. The van der Waals surface area contributed by atoms with Crippen molar-refractivity contribution in [1.29, 1.82) is 0 Å². The number of carboxylic acid groups (broad SMARTS) is 1. The molecule has 0 aliphatic rings. The molecule has 0 aromatic heterocycles. The van der Waals surface area contributed by atoms with Crippen LogP contribution < -0.4 is 0 Å². The van der Waals surface area contributed by atoms with Crippen LogP contribution in [0.2, 0.25) is 5.02 Å². The zero-order chi connectivity index (χ0) is 15.2. The molecule has 0 heterocycles. The molecule has 0 fully saturated rings. The van der Waals surface area contributed by atoms with E-state index in [1.54, 1.807) is 24.3 Å². The van der Waals surface area contributed by atoms with Crippen molar-refractivity contribution in [3.05, 3.63) is 40.3 Å². The van der Waals surface area contributed by atoms with E-state index in [0.29, 0.717) is 5.02 Å². The smallest absolute Gasteiger partial charge is 0.303 e. The lowest BCUT2D eigenvalue weighted by Gasteiger charge is -2.13. The van der Waals surface area contributed by atoms with Crippen molar-refractivity contribution in [3.63, 3.8) is 0 Å². The van der Waals surface area contributed by atoms with Gasteiger partial charge >= 0.3 is 5.97 Å². The number of sulfonamides is 1. The Morgan fingerprint density at radius 1 is 1.35 bits per heavy atom. The third kappa shape index (κ3) is 5.73. The third-order valence-corrected chi connectivity index (χ3v) is 4.38. The zero-order valence-corrected chi connectivity index (χ0v) is 12.6. The normalized spacial score (nSPS) is 12.2. The molecule has 0 saturated carbocycles.